The molecule has 2 N–H and O–H groups in total. The van der Waals surface area contributed by atoms with Crippen LogP contribution >= 0.6 is 0 Å². The van der Waals surface area contributed by atoms with Crippen molar-refractivity contribution in [1.29, 1.82) is 0 Å². The van der Waals surface area contributed by atoms with Crippen molar-refractivity contribution in [2.24, 2.45) is 5.14 Å². The maximum absolute atomic E-state index is 13.5. The van der Waals surface area contributed by atoms with Crippen molar-refractivity contribution < 1.29 is 12.8 Å². The lowest BCUT2D eigenvalue weighted by Crippen LogP contribution is -2.11. The number of sulfonamides is 1. The van der Waals surface area contributed by atoms with Crippen LogP contribution in [0.15, 0.2) is 77.7 Å². The molecule has 0 heterocycles. The quantitative estimate of drug-likeness (QED) is 0.795. The molecule has 3 aromatic carbocycles. The van der Waals surface area contributed by atoms with Gasteiger partial charge in [0.1, 0.15) is 5.82 Å². The van der Waals surface area contributed by atoms with Crippen LogP contribution < -0.4 is 5.14 Å². The summed E-state index contributed by atoms with van der Waals surface area (Å²) in [7, 11) is -3.72. The molecular weight excluding hydrogens is 313 g/mol. The normalized spacial score (nSPS) is 11.4. The van der Waals surface area contributed by atoms with Gasteiger partial charge in [-0.15, -0.1) is 0 Å². The van der Waals surface area contributed by atoms with E-state index in [2.05, 4.69) is 0 Å². The SMILES string of the molecule is NS(=O)(=O)c1ccc(-c2ccccc2-c2cccc(F)c2)cc1. The second-order valence-corrected chi connectivity index (χ2v) is 6.69. The topological polar surface area (TPSA) is 60.2 Å². The molecule has 3 rings (SSSR count). The van der Waals surface area contributed by atoms with Crippen molar-refractivity contribution in [2.45, 2.75) is 4.90 Å². The first-order valence-corrected chi connectivity index (χ1v) is 8.48. The van der Waals surface area contributed by atoms with Crippen LogP contribution in [0.5, 0.6) is 0 Å². The van der Waals surface area contributed by atoms with Crippen LogP contribution in [0, 0.1) is 5.82 Å². The third-order valence-electron chi connectivity index (χ3n) is 3.56. The van der Waals surface area contributed by atoms with E-state index in [1.165, 1.54) is 24.3 Å². The van der Waals surface area contributed by atoms with Crippen molar-refractivity contribution in [3.63, 3.8) is 0 Å². The van der Waals surface area contributed by atoms with E-state index >= 15 is 0 Å². The summed E-state index contributed by atoms with van der Waals surface area (Å²) in [6.45, 7) is 0. The minimum atomic E-state index is -3.72. The van der Waals surface area contributed by atoms with Crippen molar-refractivity contribution in [3.05, 3.63) is 78.6 Å². The highest BCUT2D eigenvalue weighted by molar-refractivity contribution is 7.89. The molecule has 0 amide bonds. The lowest BCUT2D eigenvalue weighted by atomic mass is 9.95. The Bertz CT molecular complexity index is 951. The average Bonchev–Trinajstić information content (AvgIpc) is 2.54. The van der Waals surface area contributed by atoms with Crippen LogP contribution in [0.1, 0.15) is 0 Å². The fourth-order valence-electron chi connectivity index (χ4n) is 2.47. The highest BCUT2D eigenvalue weighted by Crippen LogP contribution is 2.32. The number of rotatable bonds is 3. The molecule has 3 aromatic rings. The summed E-state index contributed by atoms with van der Waals surface area (Å²) in [5, 5.41) is 5.11. The van der Waals surface area contributed by atoms with Gasteiger partial charge >= 0.3 is 0 Å². The van der Waals surface area contributed by atoms with E-state index < -0.39 is 10.0 Å². The van der Waals surface area contributed by atoms with Crippen LogP contribution in [0.3, 0.4) is 0 Å². The molecule has 0 aromatic heterocycles. The summed E-state index contributed by atoms with van der Waals surface area (Å²) in [5.41, 5.74) is 3.35. The third-order valence-corrected chi connectivity index (χ3v) is 4.49. The van der Waals surface area contributed by atoms with Gasteiger partial charge in [0.2, 0.25) is 10.0 Å². The van der Waals surface area contributed by atoms with Crippen molar-refractivity contribution in [2.75, 3.05) is 0 Å². The maximum Gasteiger partial charge on any atom is 0.238 e. The van der Waals surface area contributed by atoms with Gasteiger partial charge in [-0.3, -0.25) is 0 Å². The Labute approximate surface area is 134 Å². The summed E-state index contributed by atoms with van der Waals surface area (Å²) in [4.78, 5) is 0.0597. The minimum Gasteiger partial charge on any atom is -0.225 e. The molecule has 0 saturated heterocycles. The highest BCUT2D eigenvalue weighted by Gasteiger charge is 2.10. The zero-order valence-corrected chi connectivity index (χ0v) is 12.9. The smallest absolute Gasteiger partial charge is 0.225 e. The summed E-state index contributed by atoms with van der Waals surface area (Å²) in [6, 6.07) is 20.2. The lowest BCUT2D eigenvalue weighted by Gasteiger charge is -2.10. The van der Waals surface area contributed by atoms with Gasteiger partial charge < -0.3 is 0 Å². The van der Waals surface area contributed by atoms with E-state index in [0.29, 0.717) is 0 Å². The highest BCUT2D eigenvalue weighted by atomic mass is 32.2. The van der Waals surface area contributed by atoms with E-state index in [-0.39, 0.29) is 10.7 Å². The van der Waals surface area contributed by atoms with E-state index in [4.69, 9.17) is 5.14 Å². The zero-order valence-electron chi connectivity index (χ0n) is 12.1. The molecule has 116 valence electrons. The molecule has 0 bridgehead atoms. The van der Waals surface area contributed by atoms with Crippen LogP contribution in [0.2, 0.25) is 0 Å². The molecule has 0 unspecified atom stereocenters. The van der Waals surface area contributed by atoms with Gasteiger partial charge in [-0.2, -0.15) is 0 Å². The summed E-state index contributed by atoms with van der Waals surface area (Å²) in [5.74, 6) is -0.304. The summed E-state index contributed by atoms with van der Waals surface area (Å²) in [6.07, 6.45) is 0. The molecule has 0 radical (unpaired) electrons. The Balaban J connectivity index is 2.11. The molecule has 0 fully saturated rings. The van der Waals surface area contributed by atoms with Crippen molar-refractivity contribution in [1.82, 2.24) is 0 Å². The Hall–Kier alpha value is -2.50. The zero-order chi connectivity index (χ0) is 16.4. The van der Waals surface area contributed by atoms with Gasteiger partial charge in [0, 0.05) is 0 Å². The van der Waals surface area contributed by atoms with Crippen LogP contribution in [0.25, 0.3) is 22.3 Å². The first-order valence-electron chi connectivity index (χ1n) is 6.93. The Morgan fingerprint density at radius 1 is 0.739 bits per heavy atom. The molecule has 0 spiro atoms. The molecule has 23 heavy (non-hydrogen) atoms. The molecule has 0 saturated carbocycles. The monoisotopic (exact) mass is 327 g/mol. The fraction of sp³-hybridized carbons (Fsp3) is 0. The van der Waals surface area contributed by atoms with Gasteiger partial charge in [-0.05, 0) is 46.5 Å². The second kappa shape index (κ2) is 5.95. The lowest BCUT2D eigenvalue weighted by molar-refractivity contribution is 0.598. The van der Waals surface area contributed by atoms with E-state index in [1.807, 2.05) is 30.3 Å². The number of halogens is 1. The standard InChI is InChI=1S/C18H14FNO2S/c19-15-5-3-4-14(12-15)18-7-2-1-6-17(18)13-8-10-16(11-9-13)23(20,21)22/h1-12H,(H2,20,21,22). The number of hydrogen-bond donors (Lipinski definition) is 1. The predicted octanol–water partition coefficient (Wildman–Crippen LogP) is 3.81. The number of benzene rings is 3. The van der Waals surface area contributed by atoms with Crippen molar-refractivity contribution in [3.8, 4) is 22.3 Å². The Morgan fingerprint density at radius 2 is 1.35 bits per heavy atom. The molecule has 0 atom stereocenters. The third kappa shape index (κ3) is 3.31. The van der Waals surface area contributed by atoms with Gasteiger partial charge in [-0.1, -0.05) is 48.5 Å². The molecule has 0 aliphatic heterocycles. The predicted molar refractivity (Wildman–Crippen MR) is 88.6 cm³/mol. The minimum absolute atomic E-state index is 0.0597. The van der Waals surface area contributed by atoms with Crippen LogP contribution in [-0.4, -0.2) is 8.42 Å². The van der Waals surface area contributed by atoms with Gasteiger partial charge in [0.15, 0.2) is 0 Å². The molecular formula is C18H14FNO2S. The van der Waals surface area contributed by atoms with E-state index in [1.54, 1.807) is 18.2 Å². The van der Waals surface area contributed by atoms with Gasteiger partial charge in [-0.25, -0.2) is 17.9 Å². The van der Waals surface area contributed by atoms with E-state index in [0.717, 1.165) is 22.3 Å². The van der Waals surface area contributed by atoms with Crippen molar-refractivity contribution >= 4 is 10.0 Å². The Kier molecular flexibility index (Phi) is 3.98. The fourth-order valence-corrected chi connectivity index (χ4v) is 2.98. The molecule has 3 nitrogen and oxygen atoms in total. The van der Waals surface area contributed by atoms with Crippen LogP contribution in [0.4, 0.5) is 4.39 Å². The Morgan fingerprint density at radius 3 is 1.91 bits per heavy atom. The number of hydrogen-bond acceptors (Lipinski definition) is 2. The molecule has 0 aliphatic rings. The first kappa shape index (κ1) is 15.4. The average molecular weight is 327 g/mol. The largest absolute Gasteiger partial charge is 0.238 e. The summed E-state index contributed by atoms with van der Waals surface area (Å²) >= 11 is 0. The molecule has 5 heteroatoms. The van der Waals surface area contributed by atoms with E-state index in [9.17, 15) is 12.8 Å². The number of primary sulfonamides is 1. The first-order chi connectivity index (χ1) is 10.9. The second-order valence-electron chi connectivity index (χ2n) is 5.13. The van der Waals surface area contributed by atoms with Crippen LogP contribution in [-0.2, 0) is 10.0 Å². The maximum atomic E-state index is 13.5. The molecule has 0 aliphatic carbocycles. The van der Waals surface area contributed by atoms with Gasteiger partial charge in [0.05, 0.1) is 4.90 Å². The summed E-state index contributed by atoms with van der Waals surface area (Å²) < 4.78 is 36.2. The van der Waals surface area contributed by atoms with Gasteiger partial charge in [0.25, 0.3) is 0 Å². The number of nitrogens with two attached hydrogens (primary N) is 1.